The molecule has 0 spiro atoms. The van der Waals surface area contributed by atoms with E-state index in [0.29, 0.717) is 32.5 Å². The fourth-order valence-corrected chi connectivity index (χ4v) is 4.98. The van der Waals surface area contributed by atoms with Gasteiger partial charge in [0.05, 0.1) is 24.4 Å². The van der Waals surface area contributed by atoms with E-state index in [1.165, 1.54) is 4.31 Å². The maximum absolute atomic E-state index is 12.9. The molecule has 0 N–H and O–H groups in total. The molecule has 0 bridgehead atoms. The number of ether oxygens (including phenoxy) is 1. The van der Waals surface area contributed by atoms with Crippen molar-refractivity contribution in [3.63, 3.8) is 0 Å². The third-order valence-corrected chi connectivity index (χ3v) is 6.72. The van der Waals surface area contributed by atoms with Crippen LogP contribution in [0.3, 0.4) is 0 Å². The highest BCUT2D eigenvalue weighted by Crippen LogP contribution is 2.29. The van der Waals surface area contributed by atoms with E-state index in [-0.39, 0.29) is 30.2 Å². The summed E-state index contributed by atoms with van der Waals surface area (Å²) < 4.78 is 31.9. The summed E-state index contributed by atoms with van der Waals surface area (Å²) in [6.45, 7) is 3.44. The first kappa shape index (κ1) is 17.4. The number of para-hydroxylation sites is 1. The molecule has 0 aliphatic carbocycles. The topological polar surface area (TPSA) is 66.9 Å². The number of benzene rings is 1. The van der Waals surface area contributed by atoms with Crippen LogP contribution in [-0.4, -0.2) is 56.7 Å². The lowest BCUT2D eigenvalue weighted by atomic mass is 9.93. The van der Waals surface area contributed by atoms with Gasteiger partial charge in [-0.3, -0.25) is 4.79 Å². The van der Waals surface area contributed by atoms with E-state index >= 15 is 0 Å². The SMILES string of the molecule is CCCS(=O)(=O)N1CC[C@H]2C(=O)N(c3ccccc3)CCO[C@H]2C1. The molecule has 2 aliphatic heterocycles. The Hall–Kier alpha value is -1.44. The number of carbonyl (C=O) groups excluding carboxylic acids is 1. The Bertz CT molecular complexity index is 677. The van der Waals surface area contributed by atoms with E-state index in [0.717, 1.165) is 5.69 Å². The Morgan fingerprint density at radius 3 is 2.67 bits per heavy atom. The first-order valence-electron chi connectivity index (χ1n) is 8.49. The fourth-order valence-electron chi connectivity index (χ4n) is 3.45. The van der Waals surface area contributed by atoms with Gasteiger partial charge in [0.15, 0.2) is 0 Å². The van der Waals surface area contributed by atoms with Crippen LogP contribution in [0.5, 0.6) is 0 Å². The van der Waals surface area contributed by atoms with E-state index in [1.807, 2.05) is 37.3 Å². The second kappa shape index (κ2) is 7.21. The lowest BCUT2D eigenvalue weighted by Gasteiger charge is -2.36. The third-order valence-electron chi connectivity index (χ3n) is 4.68. The van der Waals surface area contributed by atoms with Crippen molar-refractivity contribution in [2.45, 2.75) is 25.9 Å². The Morgan fingerprint density at radius 2 is 1.96 bits per heavy atom. The monoisotopic (exact) mass is 352 g/mol. The molecule has 2 fully saturated rings. The molecule has 2 saturated heterocycles. The molecule has 0 unspecified atom stereocenters. The highest BCUT2D eigenvalue weighted by molar-refractivity contribution is 7.89. The van der Waals surface area contributed by atoms with Gasteiger partial charge in [-0.25, -0.2) is 8.42 Å². The maximum atomic E-state index is 12.9. The number of rotatable bonds is 4. The number of hydrogen-bond acceptors (Lipinski definition) is 4. The van der Waals surface area contributed by atoms with Crippen LogP contribution in [0.25, 0.3) is 0 Å². The molecule has 2 heterocycles. The van der Waals surface area contributed by atoms with Gasteiger partial charge in [0.1, 0.15) is 0 Å². The van der Waals surface area contributed by atoms with Gasteiger partial charge in [-0.05, 0) is 25.0 Å². The smallest absolute Gasteiger partial charge is 0.232 e. The largest absolute Gasteiger partial charge is 0.374 e. The molecule has 7 heteroatoms. The molecule has 2 atom stereocenters. The summed E-state index contributed by atoms with van der Waals surface area (Å²) in [4.78, 5) is 14.7. The molecule has 0 aromatic heterocycles. The summed E-state index contributed by atoms with van der Waals surface area (Å²) in [6.07, 6.45) is 0.746. The number of hydrogen-bond donors (Lipinski definition) is 0. The van der Waals surface area contributed by atoms with Crippen LogP contribution in [0.2, 0.25) is 0 Å². The predicted molar refractivity (Wildman–Crippen MR) is 92.3 cm³/mol. The van der Waals surface area contributed by atoms with E-state index in [1.54, 1.807) is 4.90 Å². The summed E-state index contributed by atoms with van der Waals surface area (Å²) >= 11 is 0. The van der Waals surface area contributed by atoms with E-state index in [9.17, 15) is 13.2 Å². The van der Waals surface area contributed by atoms with Crippen LogP contribution in [0, 0.1) is 5.92 Å². The van der Waals surface area contributed by atoms with Gasteiger partial charge in [-0.2, -0.15) is 4.31 Å². The van der Waals surface area contributed by atoms with Crippen LogP contribution in [0.4, 0.5) is 5.69 Å². The van der Waals surface area contributed by atoms with Gasteiger partial charge in [0.25, 0.3) is 0 Å². The van der Waals surface area contributed by atoms with Crippen molar-refractivity contribution >= 4 is 21.6 Å². The maximum Gasteiger partial charge on any atom is 0.232 e. The van der Waals surface area contributed by atoms with Gasteiger partial charge >= 0.3 is 0 Å². The van der Waals surface area contributed by atoms with Crippen LogP contribution >= 0.6 is 0 Å². The molecule has 1 amide bonds. The van der Waals surface area contributed by atoms with E-state index in [4.69, 9.17) is 4.74 Å². The number of anilines is 1. The normalized spacial score (nSPS) is 26.0. The second-order valence-corrected chi connectivity index (χ2v) is 8.39. The Labute approximate surface area is 143 Å². The highest BCUT2D eigenvalue weighted by atomic mass is 32.2. The number of piperidine rings is 1. The Morgan fingerprint density at radius 1 is 1.21 bits per heavy atom. The van der Waals surface area contributed by atoms with Crippen molar-refractivity contribution in [1.82, 2.24) is 4.31 Å². The minimum Gasteiger partial charge on any atom is -0.374 e. The number of amides is 1. The average Bonchev–Trinajstić information content (AvgIpc) is 2.74. The molecule has 132 valence electrons. The molecule has 1 aromatic carbocycles. The molecular weight excluding hydrogens is 328 g/mol. The van der Waals surface area contributed by atoms with Gasteiger partial charge in [0.2, 0.25) is 15.9 Å². The fraction of sp³-hybridized carbons (Fsp3) is 0.588. The number of sulfonamides is 1. The Balaban J connectivity index is 1.76. The molecule has 0 saturated carbocycles. The lowest BCUT2D eigenvalue weighted by molar-refractivity contribution is -0.127. The molecule has 3 rings (SSSR count). The zero-order chi connectivity index (χ0) is 17.2. The molecule has 24 heavy (non-hydrogen) atoms. The summed E-state index contributed by atoms with van der Waals surface area (Å²) in [6, 6.07) is 9.57. The quantitative estimate of drug-likeness (QED) is 0.823. The molecule has 0 radical (unpaired) electrons. The Kier molecular flexibility index (Phi) is 5.22. The standard InChI is InChI=1S/C17H24N2O4S/c1-2-12-24(21,22)18-9-8-15-16(13-18)23-11-10-19(17(15)20)14-6-4-3-5-7-14/h3-7,15-16H,2,8-13H2,1H3/t15-,16+/m1/s1. The number of fused-ring (bicyclic) bond motifs is 1. The van der Waals surface area contributed by atoms with Crippen molar-refractivity contribution < 1.29 is 17.9 Å². The predicted octanol–water partition coefficient (Wildman–Crippen LogP) is 1.48. The minimum absolute atomic E-state index is 0.0382. The first-order valence-corrected chi connectivity index (χ1v) is 10.1. The highest BCUT2D eigenvalue weighted by Gasteiger charge is 2.42. The van der Waals surface area contributed by atoms with E-state index < -0.39 is 10.0 Å². The number of nitrogens with zero attached hydrogens (tertiary/aromatic N) is 2. The molecule has 6 nitrogen and oxygen atoms in total. The van der Waals surface area contributed by atoms with Crippen LogP contribution < -0.4 is 4.90 Å². The van der Waals surface area contributed by atoms with Gasteiger partial charge in [-0.1, -0.05) is 25.1 Å². The van der Waals surface area contributed by atoms with Crippen LogP contribution in [-0.2, 0) is 19.6 Å². The third kappa shape index (κ3) is 3.48. The van der Waals surface area contributed by atoms with Gasteiger partial charge < -0.3 is 9.64 Å². The molecular formula is C17H24N2O4S. The lowest BCUT2D eigenvalue weighted by Crippen LogP contribution is -2.51. The zero-order valence-corrected chi connectivity index (χ0v) is 14.7. The summed E-state index contributed by atoms with van der Waals surface area (Å²) in [5.41, 5.74) is 0.868. The van der Waals surface area contributed by atoms with Crippen LogP contribution in [0.15, 0.2) is 30.3 Å². The van der Waals surface area contributed by atoms with Crippen LogP contribution in [0.1, 0.15) is 19.8 Å². The van der Waals surface area contributed by atoms with E-state index in [2.05, 4.69) is 0 Å². The summed E-state index contributed by atoms with van der Waals surface area (Å²) in [5.74, 6) is -0.0916. The van der Waals surface area contributed by atoms with Crippen molar-refractivity contribution in [2.24, 2.45) is 5.92 Å². The minimum atomic E-state index is -3.25. The number of carbonyl (C=O) groups is 1. The second-order valence-electron chi connectivity index (χ2n) is 6.30. The molecule has 1 aromatic rings. The van der Waals surface area contributed by atoms with Gasteiger partial charge in [-0.15, -0.1) is 0 Å². The van der Waals surface area contributed by atoms with Crippen molar-refractivity contribution in [3.05, 3.63) is 30.3 Å². The van der Waals surface area contributed by atoms with Crippen molar-refractivity contribution in [1.29, 1.82) is 0 Å². The van der Waals surface area contributed by atoms with Crippen molar-refractivity contribution in [3.8, 4) is 0 Å². The molecule has 2 aliphatic rings. The summed E-state index contributed by atoms with van der Waals surface area (Å²) in [7, 11) is -3.25. The average molecular weight is 352 g/mol. The zero-order valence-electron chi connectivity index (χ0n) is 13.9. The summed E-state index contributed by atoms with van der Waals surface area (Å²) in [5, 5.41) is 0. The first-order chi connectivity index (χ1) is 11.5. The van der Waals surface area contributed by atoms with Crippen molar-refractivity contribution in [2.75, 3.05) is 36.9 Å². The van der Waals surface area contributed by atoms with Gasteiger partial charge in [0, 0.05) is 25.3 Å².